The van der Waals surface area contributed by atoms with Crippen LogP contribution >= 0.6 is 11.6 Å². The predicted octanol–water partition coefficient (Wildman–Crippen LogP) is 1.02. The molecule has 3 fully saturated rings. The molecule has 0 aromatic carbocycles. The highest BCUT2D eigenvalue weighted by atomic mass is 35.5. The van der Waals surface area contributed by atoms with Crippen molar-refractivity contribution in [1.82, 2.24) is 14.5 Å². The van der Waals surface area contributed by atoms with Crippen LogP contribution in [0.3, 0.4) is 0 Å². The van der Waals surface area contributed by atoms with E-state index in [9.17, 15) is 9.59 Å². The fourth-order valence-corrected chi connectivity index (χ4v) is 3.69. The van der Waals surface area contributed by atoms with Crippen LogP contribution in [-0.4, -0.2) is 34.1 Å². The summed E-state index contributed by atoms with van der Waals surface area (Å²) >= 11 is 5.95. The monoisotopic (exact) mass is 283 g/mol. The van der Waals surface area contributed by atoms with Crippen molar-refractivity contribution in [2.45, 2.75) is 32.2 Å². The fourth-order valence-electron chi connectivity index (χ4n) is 3.40. The van der Waals surface area contributed by atoms with Crippen molar-refractivity contribution in [2.24, 2.45) is 5.92 Å². The number of halogens is 1. The van der Waals surface area contributed by atoms with Gasteiger partial charge in [-0.3, -0.25) is 14.3 Å². The van der Waals surface area contributed by atoms with E-state index in [2.05, 4.69) is 9.88 Å². The van der Waals surface area contributed by atoms with E-state index >= 15 is 0 Å². The van der Waals surface area contributed by atoms with Crippen LogP contribution in [0.5, 0.6) is 0 Å². The predicted molar refractivity (Wildman–Crippen MR) is 73.9 cm³/mol. The van der Waals surface area contributed by atoms with E-state index in [0.717, 1.165) is 32.5 Å². The molecule has 4 heterocycles. The second-order valence-electron chi connectivity index (χ2n) is 5.46. The van der Waals surface area contributed by atoms with Crippen molar-refractivity contribution >= 4 is 11.6 Å². The number of fused-ring (bicyclic) bond motifs is 3. The average Bonchev–Trinajstić information content (AvgIpc) is 2.40. The molecule has 3 aliphatic heterocycles. The van der Waals surface area contributed by atoms with E-state index < -0.39 is 0 Å². The zero-order valence-corrected chi connectivity index (χ0v) is 11.7. The van der Waals surface area contributed by atoms with Gasteiger partial charge in [-0.15, -0.1) is 0 Å². The zero-order chi connectivity index (χ0) is 13.6. The minimum absolute atomic E-state index is 0.00122. The zero-order valence-electron chi connectivity index (χ0n) is 11.0. The van der Waals surface area contributed by atoms with Gasteiger partial charge in [0, 0.05) is 6.54 Å². The Morgan fingerprint density at radius 2 is 2.00 bits per heavy atom. The lowest BCUT2D eigenvalue weighted by Crippen LogP contribution is -2.53. The molecule has 6 heteroatoms. The summed E-state index contributed by atoms with van der Waals surface area (Å²) in [5, 5.41) is 0.190. The van der Waals surface area contributed by atoms with Crippen LogP contribution in [0.4, 0.5) is 0 Å². The molecule has 1 atom stereocenters. The second kappa shape index (κ2) is 4.80. The smallest absolute Gasteiger partial charge is 0.301 e. The van der Waals surface area contributed by atoms with E-state index in [1.165, 1.54) is 4.57 Å². The normalized spacial score (nSPS) is 29.7. The van der Waals surface area contributed by atoms with Crippen molar-refractivity contribution in [3.05, 3.63) is 31.6 Å². The van der Waals surface area contributed by atoms with Crippen LogP contribution in [0.1, 0.15) is 31.4 Å². The topological polar surface area (TPSA) is 58.1 Å². The van der Waals surface area contributed by atoms with E-state index in [0.29, 0.717) is 17.9 Å². The first kappa shape index (κ1) is 12.9. The molecule has 104 valence electrons. The van der Waals surface area contributed by atoms with Gasteiger partial charge in [-0.25, -0.2) is 4.79 Å². The maximum absolute atomic E-state index is 12.5. The summed E-state index contributed by atoms with van der Waals surface area (Å²) in [4.78, 5) is 29.5. The average molecular weight is 284 g/mol. The number of hydrogen-bond acceptors (Lipinski definition) is 3. The summed E-state index contributed by atoms with van der Waals surface area (Å²) in [5.74, 6) is 0.440. The molecule has 19 heavy (non-hydrogen) atoms. The molecule has 1 aromatic rings. The highest BCUT2D eigenvalue weighted by Gasteiger charge is 2.36. The van der Waals surface area contributed by atoms with Gasteiger partial charge in [0.05, 0.1) is 11.6 Å². The number of H-pyrrole nitrogens is 1. The van der Waals surface area contributed by atoms with Gasteiger partial charge in [-0.05, 0) is 38.3 Å². The van der Waals surface area contributed by atoms with E-state index in [1.54, 1.807) is 0 Å². The summed E-state index contributed by atoms with van der Waals surface area (Å²) in [5.41, 5.74) is -0.0707. The Balaban J connectivity index is 2.10. The van der Waals surface area contributed by atoms with Crippen LogP contribution in [0.25, 0.3) is 0 Å². The van der Waals surface area contributed by atoms with Gasteiger partial charge < -0.3 is 4.90 Å². The molecule has 3 saturated heterocycles. The third-order valence-electron chi connectivity index (χ3n) is 4.48. The van der Waals surface area contributed by atoms with Crippen LogP contribution in [0.2, 0.25) is 5.15 Å². The Morgan fingerprint density at radius 3 is 2.53 bits per heavy atom. The highest BCUT2D eigenvalue weighted by Crippen LogP contribution is 2.34. The molecule has 0 aliphatic carbocycles. The van der Waals surface area contributed by atoms with Gasteiger partial charge in [0.2, 0.25) is 0 Å². The summed E-state index contributed by atoms with van der Waals surface area (Å²) in [7, 11) is 0. The number of hydrogen-bond donors (Lipinski definition) is 1. The van der Waals surface area contributed by atoms with Crippen molar-refractivity contribution < 1.29 is 0 Å². The number of piperidine rings is 3. The molecule has 0 radical (unpaired) electrons. The van der Waals surface area contributed by atoms with Gasteiger partial charge in [-0.1, -0.05) is 18.5 Å². The molecule has 0 saturated carbocycles. The highest BCUT2D eigenvalue weighted by molar-refractivity contribution is 6.30. The maximum atomic E-state index is 12.5. The maximum Gasteiger partial charge on any atom is 0.329 e. The number of aromatic amines is 1. The number of rotatable bonds is 2. The summed E-state index contributed by atoms with van der Waals surface area (Å²) in [6.07, 6.45) is 2.68. The molecule has 1 unspecified atom stereocenters. The van der Waals surface area contributed by atoms with Crippen molar-refractivity contribution in [2.75, 3.05) is 19.6 Å². The number of aromatic nitrogens is 2. The Bertz CT molecular complexity index is 599. The minimum atomic E-state index is -0.369. The summed E-state index contributed by atoms with van der Waals surface area (Å²) < 4.78 is 1.40. The second-order valence-corrected chi connectivity index (χ2v) is 5.83. The summed E-state index contributed by atoms with van der Waals surface area (Å²) in [6, 6.07) is 0.00122. The quantitative estimate of drug-likeness (QED) is 0.825. The van der Waals surface area contributed by atoms with Crippen LogP contribution < -0.4 is 11.2 Å². The van der Waals surface area contributed by atoms with E-state index in [-0.39, 0.29) is 22.4 Å². The Morgan fingerprint density at radius 1 is 1.32 bits per heavy atom. The van der Waals surface area contributed by atoms with E-state index in [1.807, 2.05) is 6.92 Å². The molecule has 0 spiro atoms. The first-order valence-electron chi connectivity index (χ1n) is 6.87. The lowest BCUT2D eigenvalue weighted by molar-refractivity contribution is 0.0531. The van der Waals surface area contributed by atoms with Gasteiger partial charge in [-0.2, -0.15) is 0 Å². The Kier molecular flexibility index (Phi) is 3.27. The largest absolute Gasteiger partial charge is 0.329 e. The van der Waals surface area contributed by atoms with Crippen molar-refractivity contribution in [3.63, 3.8) is 0 Å². The molecule has 4 rings (SSSR count). The van der Waals surface area contributed by atoms with Crippen molar-refractivity contribution in [3.8, 4) is 0 Å². The Labute approximate surface area is 116 Å². The molecule has 0 amide bonds. The molecule has 1 N–H and O–H groups in total. The van der Waals surface area contributed by atoms with Gasteiger partial charge in [0.25, 0.3) is 5.56 Å². The van der Waals surface area contributed by atoms with Gasteiger partial charge in [0.15, 0.2) is 0 Å². The van der Waals surface area contributed by atoms with Crippen LogP contribution in [0, 0.1) is 5.92 Å². The molecule has 5 nitrogen and oxygen atoms in total. The first-order chi connectivity index (χ1) is 9.11. The molecular formula is C13H18ClN3O2. The standard InChI is InChI=1S/C13H18ClN3O2/c1-2-9-11(14)15-13(19)17(12(9)18)10-7-16-5-3-8(10)4-6-16/h8,10H,2-7H2,1H3,(H,15,19). The minimum Gasteiger partial charge on any atom is -0.301 e. The molecular weight excluding hydrogens is 266 g/mol. The van der Waals surface area contributed by atoms with Gasteiger partial charge in [0.1, 0.15) is 5.15 Å². The number of nitrogens with one attached hydrogen (secondary N) is 1. The third kappa shape index (κ3) is 2.05. The fraction of sp³-hybridized carbons (Fsp3) is 0.692. The summed E-state index contributed by atoms with van der Waals surface area (Å²) in [6.45, 7) is 4.85. The molecule has 1 aromatic heterocycles. The van der Waals surface area contributed by atoms with Crippen LogP contribution in [0.15, 0.2) is 9.59 Å². The van der Waals surface area contributed by atoms with Crippen LogP contribution in [-0.2, 0) is 6.42 Å². The Hall–Kier alpha value is -1.07. The third-order valence-corrected chi connectivity index (χ3v) is 4.81. The lowest BCUT2D eigenvalue weighted by atomic mass is 9.84. The van der Waals surface area contributed by atoms with Gasteiger partial charge >= 0.3 is 5.69 Å². The molecule has 2 bridgehead atoms. The first-order valence-corrected chi connectivity index (χ1v) is 7.25. The number of nitrogens with zero attached hydrogens (tertiary/aromatic N) is 2. The SMILES string of the molecule is CCc1c(Cl)[nH]c(=O)n(C2CN3CCC2CC3)c1=O. The van der Waals surface area contributed by atoms with Crippen molar-refractivity contribution in [1.29, 1.82) is 0 Å². The molecule has 3 aliphatic rings. The van der Waals surface area contributed by atoms with E-state index in [4.69, 9.17) is 11.6 Å². The lowest BCUT2D eigenvalue weighted by Gasteiger charge is -2.44.